The SMILES string of the molecule is O=C(Nc1ccc(I)cc1Cl)c1cc(S)ccc1Br. The predicted octanol–water partition coefficient (Wildman–Crippen LogP) is 5.25. The number of halogens is 3. The first-order valence-electron chi connectivity index (χ1n) is 5.22. The normalized spacial score (nSPS) is 10.3. The van der Waals surface area contributed by atoms with Crippen molar-refractivity contribution in [2.75, 3.05) is 5.32 Å². The summed E-state index contributed by atoms with van der Waals surface area (Å²) < 4.78 is 1.73. The van der Waals surface area contributed by atoms with Crippen LogP contribution in [0.25, 0.3) is 0 Å². The number of hydrogen-bond acceptors (Lipinski definition) is 2. The first-order chi connectivity index (χ1) is 8.97. The van der Waals surface area contributed by atoms with Crippen LogP contribution in [-0.4, -0.2) is 5.91 Å². The van der Waals surface area contributed by atoms with Crippen molar-refractivity contribution in [2.24, 2.45) is 0 Å². The van der Waals surface area contributed by atoms with E-state index in [-0.39, 0.29) is 5.91 Å². The van der Waals surface area contributed by atoms with Crippen molar-refractivity contribution in [3.63, 3.8) is 0 Å². The summed E-state index contributed by atoms with van der Waals surface area (Å²) in [6, 6.07) is 10.7. The van der Waals surface area contributed by atoms with E-state index in [1.165, 1.54) is 0 Å². The number of amides is 1. The van der Waals surface area contributed by atoms with Crippen LogP contribution in [0, 0.1) is 3.57 Å². The molecule has 0 saturated carbocycles. The van der Waals surface area contributed by atoms with Gasteiger partial charge in [-0.2, -0.15) is 0 Å². The van der Waals surface area contributed by atoms with Gasteiger partial charge in [-0.15, -0.1) is 12.6 Å². The minimum atomic E-state index is -0.231. The number of carbonyl (C=O) groups is 1. The summed E-state index contributed by atoms with van der Waals surface area (Å²) in [7, 11) is 0. The summed E-state index contributed by atoms with van der Waals surface area (Å²) in [5.41, 5.74) is 1.10. The van der Waals surface area contributed by atoms with Crippen LogP contribution in [0.3, 0.4) is 0 Å². The Morgan fingerprint density at radius 3 is 2.68 bits per heavy atom. The van der Waals surface area contributed by atoms with Crippen LogP contribution < -0.4 is 5.32 Å². The van der Waals surface area contributed by atoms with Crippen molar-refractivity contribution in [1.29, 1.82) is 0 Å². The molecule has 2 aromatic carbocycles. The third-order valence-electron chi connectivity index (χ3n) is 2.37. The van der Waals surface area contributed by atoms with Gasteiger partial charge < -0.3 is 5.32 Å². The molecule has 19 heavy (non-hydrogen) atoms. The summed E-state index contributed by atoms with van der Waals surface area (Å²) in [6.45, 7) is 0. The van der Waals surface area contributed by atoms with Gasteiger partial charge in [0.1, 0.15) is 0 Å². The van der Waals surface area contributed by atoms with Gasteiger partial charge in [0.25, 0.3) is 5.91 Å². The molecule has 0 fully saturated rings. The molecule has 1 amide bonds. The van der Waals surface area contributed by atoms with E-state index in [1.807, 2.05) is 12.1 Å². The maximum Gasteiger partial charge on any atom is 0.256 e. The molecule has 2 aromatic rings. The number of benzene rings is 2. The second-order valence-electron chi connectivity index (χ2n) is 3.74. The van der Waals surface area contributed by atoms with Gasteiger partial charge in [0.2, 0.25) is 0 Å². The van der Waals surface area contributed by atoms with Crippen molar-refractivity contribution >= 4 is 74.3 Å². The van der Waals surface area contributed by atoms with Crippen molar-refractivity contribution in [3.8, 4) is 0 Å². The molecule has 1 N–H and O–H groups in total. The molecule has 2 rings (SSSR count). The van der Waals surface area contributed by atoms with E-state index < -0.39 is 0 Å². The summed E-state index contributed by atoms with van der Waals surface area (Å²) in [5.74, 6) is -0.231. The maximum absolute atomic E-state index is 12.2. The van der Waals surface area contributed by atoms with Crippen LogP contribution in [-0.2, 0) is 0 Å². The van der Waals surface area contributed by atoms with Gasteiger partial charge in [0.05, 0.1) is 16.3 Å². The summed E-state index contributed by atoms with van der Waals surface area (Å²) in [6.07, 6.45) is 0. The van der Waals surface area contributed by atoms with Gasteiger partial charge >= 0.3 is 0 Å². The van der Waals surface area contributed by atoms with E-state index in [0.29, 0.717) is 20.7 Å². The predicted molar refractivity (Wildman–Crippen MR) is 93.5 cm³/mol. The van der Waals surface area contributed by atoms with Crippen LogP contribution in [0.5, 0.6) is 0 Å². The zero-order chi connectivity index (χ0) is 14.0. The molecule has 0 atom stereocenters. The zero-order valence-corrected chi connectivity index (χ0v) is 14.8. The fourth-order valence-electron chi connectivity index (χ4n) is 1.47. The Morgan fingerprint density at radius 2 is 2.00 bits per heavy atom. The molecular formula is C13H8BrClINOS. The highest BCUT2D eigenvalue weighted by atomic mass is 127. The summed E-state index contributed by atoms with van der Waals surface area (Å²) in [4.78, 5) is 12.9. The lowest BCUT2D eigenvalue weighted by atomic mass is 10.2. The minimum Gasteiger partial charge on any atom is -0.321 e. The molecule has 0 aliphatic rings. The Bertz CT molecular complexity index is 651. The fourth-order valence-corrected chi connectivity index (χ4v) is 3.00. The molecule has 2 nitrogen and oxygen atoms in total. The third kappa shape index (κ3) is 3.87. The van der Waals surface area contributed by atoms with Gasteiger partial charge in [-0.1, -0.05) is 11.6 Å². The molecule has 0 spiro atoms. The van der Waals surface area contributed by atoms with E-state index in [2.05, 4.69) is 56.5 Å². The molecule has 0 heterocycles. The average molecular weight is 469 g/mol. The van der Waals surface area contributed by atoms with Crippen LogP contribution in [0.1, 0.15) is 10.4 Å². The minimum absolute atomic E-state index is 0.231. The first-order valence-corrected chi connectivity index (χ1v) is 7.92. The Morgan fingerprint density at radius 1 is 1.26 bits per heavy atom. The quantitative estimate of drug-likeness (QED) is 0.458. The number of hydrogen-bond donors (Lipinski definition) is 2. The number of anilines is 1. The lowest BCUT2D eigenvalue weighted by Crippen LogP contribution is -2.13. The van der Waals surface area contributed by atoms with E-state index in [9.17, 15) is 4.79 Å². The molecule has 0 aliphatic heterocycles. The Hall–Kier alpha value is -0.240. The van der Waals surface area contributed by atoms with Crippen molar-refractivity contribution in [3.05, 3.63) is 55.0 Å². The zero-order valence-electron chi connectivity index (χ0n) is 9.45. The lowest BCUT2D eigenvalue weighted by Gasteiger charge is -2.09. The van der Waals surface area contributed by atoms with E-state index in [4.69, 9.17) is 11.6 Å². The number of nitrogens with one attached hydrogen (secondary N) is 1. The summed E-state index contributed by atoms with van der Waals surface area (Å²) in [5, 5.41) is 3.30. The topological polar surface area (TPSA) is 29.1 Å². The van der Waals surface area contributed by atoms with Crippen LogP contribution in [0.2, 0.25) is 5.02 Å². The van der Waals surface area contributed by atoms with E-state index in [0.717, 1.165) is 8.47 Å². The van der Waals surface area contributed by atoms with Crippen LogP contribution >= 0.6 is 62.8 Å². The van der Waals surface area contributed by atoms with Gasteiger partial charge in [0, 0.05) is 12.9 Å². The molecule has 6 heteroatoms. The van der Waals surface area contributed by atoms with E-state index >= 15 is 0 Å². The van der Waals surface area contributed by atoms with Gasteiger partial charge in [-0.3, -0.25) is 4.79 Å². The highest BCUT2D eigenvalue weighted by Crippen LogP contribution is 2.26. The fraction of sp³-hybridized carbons (Fsp3) is 0. The number of carbonyl (C=O) groups excluding carboxylic acids is 1. The van der Waals surface area contributed by atoms with Crippen LogP contribution in [0.4, 0.5) is 5.69 Å². The number of thiol groups is 1. The number of rotatable bonds is 2. The van der Waals surface area contributed by atoms with Gasteiger partial charge in [0.15, 0.2) is 0 Å². The highest BCUT2D eigenvalue weighted by molar-refractivity contribution is 14.1. The van der Waals surface area contributed by atoms with E-state index in [1.54, 1.807) is 24.3 Å². The third-order valence-corrected chi connectivity index (χ3v) is 4.33. The first kappa shape index (κ1) is 15.2. The largest absolute Gasteiger partial charge is 0.321 e. The smallest absolute Gasteiger partial charge is 0.256 e. The van der Waals surface area contributed by atoms with Gasteiger partial charge in [-0.05, 0) is 74.9 Å². The molecular weight excluding hydrogens is 460 g/mol. The molecule has 0 aromatic heterocycles. The molecule has 0 bridgehead atoms. The molecule has 0 aliphatic carbocycles. The van der Waals surface area contributed by atoms with Gasteiger partial charge in [-0.25, -0.2) is 0 Å². The molecule has 0 saturated heterocycles. The molecule has 98 valence electrons. The maximum atomic E-state index is 12.2. The standard InChI is InChI=1S/C13H8BrClINOS/c14-10-3-2-8(19)6-9(10)13(18)17-12-4-1-7(16)5-11(12)15/h1-6,19H,(H,17,18). The Kier molecular flexibility index (Phi) is 5.16. The van der Waals surface area contributed by atoms with Crippen LogP contribution in [0.15, 0.2) is 45.8 Å². The average Bonchev–Trinajstić information content (AvgIpc) is 2.35. The van der Waals surface area contributed by atoms with Crippen molar-refractivity contribution in [2.45, 2.75) is 4.90 Å². The Balaban J connectivity index is 2.28. The summed E-state index contributed by atoms with van der Waals surface area (Å²) >= 11 is 15.8. The molecule has 0 radical (unpaired) electrons. The second kappa shape index (κ2) is 6.47. The lowest BCUT2D eigenvalue weighted by molar-refractivity contribution is 0.102. The second-order valence-corrected chi connectivity index (χ2v) is 6.77. The molecule has 0 unspecified atom stereocenters. The highest BCUT2D eigenvalue weighted by Gasteiger charge is 2.12. The Labute approximate surface area is 143 Å². The monoisotopic (exact) mass is 467 g/mol. The van der Waals surface area contributed by atoms with Crippen molar-refractivity contribution in [1.82, 2.24) is 0 Å². The van der Waals surface area contributed by atoms with Crippen molar-refractivity contribution < 1.29 is 4.79 Å².